The molecule has 2 fully saturated rings. The molecule has 3 atom stereocenters. The number of ether oxygens (including phenoxy) is 1. The second-order valence-corrected chi connectivity index (χ2v) is 11.9. The molecule has 3 aliphatic rings. The zero-order chi connectivity index (χ0) is 25.9. The van der Waals surface area contributed by atoms with E-state index in [4.69, 9.17) is 26.6 Å². The van der Waals surface area contributed by atoms with Crippen LogP contribution in [0, 0.1) is 5.82 Å². The van der Waals surface area contributed by atoms with E-state index >= 15 is 4.39 Å². The number of carbonyl (C=O) groups is 1. The normalized spacial score (nSPS) is 24.7. The van der Waals surface area contributed by atoms with E-state index < -0.39 is 33.4 Å². The van der Waals surface area contributed by atoms with Gasteiger partial charge in [-0.2, -0.15) is 4.98 Å². The van der Waals surface area contributed by atoms with Gasteiger partial charge in [0.15, 0.2) is 9.84 Å². The number of hydrogen-bond donors (Lipinski definition) is 1. The second-order valence-electron chi connectivity index (χ2n) is 9.47. The van der Waals surface area contributed by atoms with Crippen molar-refractivity contribution in [3.8, 4) is 11.4 Å². The number of nitrogens with two attached hydrogens (primary N) is 1. The molecule has 4 heterocycles. The number of hydrogen-bond acceptors (Lipinski definition) is 9. The molecule has 2 unspecified atom stereocenters. The molecule has 0 saturated carbocycles. The molecule has 3 aliphatic heterocycles. The Balaban J connectivity index is 1.44. The number of amides is 1. The molecule has 10 nitrogen and oxygen atoms in total. The lowest BCUT2D eigenvalue weighted by molar-refractivity contribution is -0.119. The van der Waals surface area contributed by atoms with E-state index in [2.05, 4.69) is 10.1 Å². The number of benzene rings is 2. The van der Waals surface area contributed by atoms with Crippen LogP contribution in [0.1, 0.15) is 18.4 Å². The highest BCUT2D eigenvalue weighted by molar-refractivity contribution is 7.91. The predicted molar refractivity (Wildman–Crippen MR) is 132 cm³/mol. The summed E-state index contributed by atoms with van der Waals surface area (Å²) in [5, 5.41) is 4.49. The molecule has 0 radical (unpaired) electrons. The smallest absolute Gasteiger partial charge is 0.325 e. The Labute approximate surface area is 217 Å². The van der Waals surface area contributed by atoms with Gasteiger partial charge in [-0.3, -0.25) is 4.79 Å². The number of morpholine rings is 1. The Bertz CT molecular complexity index is 1470. The average Bonchev–Trinajstić information content (AvgIpc) is 3.42. The first kappa shape index (κ1) is 24.3. The number of anilines is 2. The third-order valence-corrected chi connectivity index (χ3v) is 9.08. The molecule has 6 rings (SSSR count). The predicted octanol–water partition coefficient (Wildman–Crippen LogP) is 2.54. The highest BCUT2D eigenvalue weighted by Gasteiger charge is 2.41. The van der Waals surface area contributed by atoms with Crippen molar-refractivity contribution in [3.63, 3.8) is 0 Å². The van der Waals surface area contributed by atoms with E-state index in [1.54, 1.807) is 24.3 Å². The van der Waals surface area contributed by atoms with Crippen LogP contribution in [0.15, 0.2) is 45.8 Å². The standard InChI is InChI=1S/C24H23ClFN5O5S/c25-14-3-1-13(2-4-14)9-30-20-7-17(18(26)8-21(20)37(33,34)12-19(27)23(30)32)22-28-24(36-29-22)31-15-5-6-16(31)11-35-10-15/h1-4,7-8,15-16,19H,5-6,9-12,27H2/t15?,16?,19-/m0/s1. The maximum atomic E-state index is 15.4. The zero-order valence-corrected chi connectivity index (χ0v) is 21.1. The van der Waals surface area contributed by atoms with Crippen LogP contribution in [0.3, 0.4) is 0 Å². The van der Waals surface area contributed by atoms with Crippen molar-refractivity contribution < 1.29 is 26.9 Å². The van der Waals surface area contributed by atoms with Crippen LogP contribution in [-0.2, 0) is 25.9 Å². The first-order valence-electron chi connectivity index (χ1n) is 11.8. The minimum absolute atomic E-state index is 0.00194. The Morgan fingerprint density at radius 1 is 1.14 bits per heavy atom. The van der Waals surface area contributed by atoms with Crippen molar-refractivity contribution in [1.29, 1.82) is 0 Å². The highest BCUT2D eigenvalue weighted by Crippen LogP contribution is 2.38. The Hall–Kier alpha value is -3.06. The fraction of sp³-hybridized carbons (Fsp3) is 0.375. The van der Waals surface area contributed by atoms with Gasteiger partial charge in [-0.25, -0.2) is 12.8 Å². The van der Waals surface area contributed by atoms with E-state index in [-0.39, 0.29) is 46.6 Å². The lowest BCUT2D eigenvalue weighted by Crippen LogP contribution is -2.46. The third-order valence-electron chi connectivity index (χ3n) is 7.03. The lowest BCUT2D eigenvalue weighted by Gasteiger charge is -2.32. The first-order chi connectivity index (χ1) is 17.7. The number of rotatable bonds is 4. The highest BCUT2D eigenvalue weighted by atomic mass is 35.5. The van der Waals surface area contributed by atoms with Gasteiger partial charge in [-0.05, 0) is 42.7 Å². The van der Waals surface area contributed by atoms with Crippen LogP contribution in [0.4, 0.5) is 16.1 Å². The number of aromatic nitrogens is 2. The summed E-state index contributed by atoms with van der Waals surface area (Å²) in [6.45, 7) is 1.09. The molecule has 0 spiro atoms. The second kappa shape index (κ2) is 9.05. The van der Waals surface area contributed by atoms with Gasteiger partial charge >= 0.3 is 6.01 Å². The van der Waals surface area contributed by atoms with E-state index in [0.29, 0.717) is 23.8 Å². The Kier molecular flexibility index (Phi) is 5.94. The van der Waals surface area contributed by atoms with E-state index in [1.165, 1.54) is 11.0 Å². The van der Waals surface area contributed by atoms with E-state index in [0.717, 1.165) is 18.9 Å². The van der Waals surface area contributed by atoms with Gasteiger partial charge < -0.3 is 24.8 Å². The molecule has 1 aromatic heterocycles. The van der Waals surface area contributed by atoms with Gasteiger partial charge in [0.05, 0.1) is 59.8 Å². The van der Waals surface area contributed by atoms with Crippen molar-refractivity contribution in [2.75, 3.05) is 28.8 Å². The fourth-order valence-electron chi connectivity index (χ4n) is 5.20. The maximum absolute atomic E-state index is 15.4. The SMILES string of the molecule is N[C@H]1CS(=O)(=O)c2cc(F)c(-c3noc(N4C5CCC4COC5)n3)cc2N(Cc2ccc(Cl)cc2)C1=O. The van der Waals surface area contributed by atoms with Crippen LogP contribution in [0.25, 0.3) is 11.4 Å². The summed E-state index contributed by atoms with van der Waals surface area (Å²) in [6.07, 6.45) is 1.85. The molecule has 194 valence electrons. The molecular weight excluding hydrogens is 525 g/mol. The Morgan fingerprint density at radius 3 is 2.54 bits per heavy atom. The Morgan fingerprint density at radius 2 is 1.84 bits per heavy atom. The minimum atomic E-state index is -4.07. The summed E-state index contributed by atoms with van der Waals surface area (Å²) < 4.78 is 52.6. The number of fused-ring (bicyclic) bond motifs is 3. The average molecular weight is 548 g/mol. The number of halogens is 2. The molecule has 37 heavy (non-hydrogen) atoms. The zero-order valence-electron chi connectivity index (χ0n) is 19.5. The topological polar surface area (TPSA) is 132 Å². The summed E-state index contributed by atoms with van der Waals surface area (Å²) >= 11 is 5.98. The largest absolute Gasteiger partial charge is 0.377 e. The molecule has 2 bridgehead atoms. The molecule has 2 saturated heterocycles. The van der Waals surface area contributed by atoms with Gasteiger partial charge in [0.25, 0.3) is 0 Å². The molecule has 3 aromatic rings. The van der Waals surface area contributed by atoms with E-state index in [1.807, 2.05) is 4.90 Å². The van der Waals surface area contributed by atoms with Crippen LogP contribution in [-0.4, -0.2) is 61.6 Å². The molecule has 2 N–H and O–H groups in total. The number of nitrogens with zero attached hydrogens (tertiary/aromatic N) is 4. The van der Waals surface area contributed by atoms with Crippen molar-refractivity contribution in [1.82, 2.24) is 10.1 Å². The van der Waals surface area contributed by atoms with Gasteiger partial charge in [0.1, 0.15) is 5.82 Å². The third kappa shape index (κ3) is 4.27. The minimum Gasteiger partial charge on any atom is -0.377 e. The summed E-state index contributed by atoms with van der Waals surface area (Å²) in [5.74, 6) is -2.14. The molecule has 13 heteroatoms. The van der Waals surface area contributed by atoms with Crippen LogP contribution in [0.5, 0.6) is 0 Å². The van der Waals surface area contributed by atoms with Crippen molar-refractivity contribution in [3.05, 3.63) is 52.8 Å². The van der Waals surface area contributed by atoms with Gasteiger partial charge in [0.2, 0.25) is 11.7 Å². The molecule has 1 amide bonds. The van der Waals surface area contributed by atoms with Gasteiger partial charge in [0, 0.05) is 5.02 Å². The van der Waals surface area contributed by atoms with Crippen LogP contribution < -0.4 is 15.5 Å². The van der Waals surface area contributed by atoms with Gasteiger partial charge in [-0.1, -0.05) is 28.9 Å². The summed E-state index contributed by atoms with van der Waals surface area (Å²) in [6, 6.07) is 8.06. The summed E-state index contributed by atoms with van der Waals surface area (Å²) in [7, 11) is -4.07. The lowest BCUT2D eigenvalue weighted by atomic mass is 10.1. The van der Waals surface area contributed by atoms with Crippen LogP contribution in [0.2, 0.25) is 5.02 Å². The maximum Gasteiger partial charge on any atom is 0.325 e. The monoisotopic (exact) mass is 547 g/mol. The van der Waals surface area contributed by atoms with Crippen LogP contribution >= 0.6 is 11.6 Å². The molecular formula is C24H23ClFN5O5S. The summed E-state index contributed by atoms with van der Waals surface area (Å²) in [4.78, 5) is 20.6. The van der Waals surface area contributed by atoms with Gasteiger partial charge in [-0.15, -0.1) is 0 Å². The number of carbonyl (C=O) groups excluding carboxylic acids is 1. The summed E-state index contributed by atoms with van der Waals surface area (Å²) in [5.41, 5.74) is 6.56. The van der Waals surface area contributed by atoms with Crippen molar-refractivity contribution in [2.24, 2.45) is 5.73 Å². The van der Waals surface area contributed by atoms with E-state index in [9.17, 15) is 13.2 Å². The molecule has 0 aliphatic carbocycles. The number of sulfone groups is 1. The quantitative estimate of drug-likeness (QED) is 0.523. The fourth-order valence-corrected chi connectivity index (χ4v) is 6.89. The first-order valence-corrected chi connectivity index (χ1v) is 13.8. The van der Waals surface area contributed by atoms with Crippen molar-refractivity contribution in [2.45, 2.75) is 42.4 Å². The molecule has 2 aromatic carbocycles. The van der Waals surface area contributed by atoms with Crippen molar-refractivity contribution >= 4 is 39.0 Å².